The van der Waals surface area contributed by atoms with Crippen LogP contribution in [0.25, 0.3) is 5.69 Å². The zero-order valence-electron chi connectivity index (χ0n) is 18.0. The molecule has 7 nitrogen and oxygen atoms in total. The molecule has 0 spiro atoms. The van der Waals surface area contributed by atoms with Gasteiger partial charge in [0.05, 0.1) is 5.56 Å². The Labute approximate surface area is 184 Å². The van der Waals surface area contributed by atoms with Crippen LogP contribution in [0, 0.1) is 19.7 Å². The van der Waals surface area contributed by atoms with E-state index >= 15 is 0 Å². The number of nitrogens with zero attached hydrogens (tertiary/aromatic N) is 1. The maximum atomic E-state index is 13.3. The summed E-state index contributed by atoms with van der Waals surface area (Å²) in [5.74, 6) is -0.0506. The second kappa shape index (κ2) is 8.74. The highest BCUT2D eigenvalue weighted by molar-refractivity contribution is 5.93. The molecular formula is C24H23FN2O5. The zero-order valence-corrected chi connectivity index (χ0v) is 18.0. The Balaban J connectivity index is 1.39. The summed E-state index contributed by atoms with van der Waals surface area (Å²) in [5, 5.41) is 2.76. The molecular weight excluding hydrogens is 415 g/mol. The number of hydrogen-bond donors (Lipinski definition) is 1. The summed E-state index contributed by atoms with van der Waals surface area (Å²) in [4.78, 5) is 25.2. The predicted molar refractivity (Wildman–Crippen MR) is 114 cm³/mol. The van der Waals surface area contributed by atoms with Crippen molar-refractivity contribution in [2.75, 3.05) is 6.79 Å². The van der Waals surface area contributed by atoms with Crippen LogP contribution in [0.4, 0.5) is 4.39 Å². The molecule has 2 aromatic carbocycles. The first kappa shape index (κ1) is 21.4. The Bertz CT molecular complexity index is 1170. The number of nitrogens with one attached hydrogen (secondary N) is 1. The summed E-state index contributed by atoms with van der Waals surface area (Å²) in [5.41, 5.74) is 3.36. The number of amides is 1. The number of esters is 1. The summed E-state index contributed by atoms with van der Waals surface area (Å²) in [6.45, 7) is 5.58. The number of rotatable bonds is 6. The normalized spacial score (nSPS) is 13.0. The molecule has 0 radical (unpaired) electrons. The van der Waals surface area contributed by atoms with Crippen molar-refractivity contribution in [3.05, 3.63) is 76.9 Å². The smallest absolute Gasteiger partial charge is 0.340 e. The van der Waals surface area contributed by atoms with E-state index in [2.05, 4.69) is 5.32 Å². The van der Waals surface area contributed by atoms with Crippen LogP contribution < -0.4 is 14.8 Å². The maximum Gasteiger partial charge on any atom is 0.340 e. The van der Waals surface area contributed by atoms with Gasteiger partial charge in [-0.2, -0.15) is 0 Å². The lowest BCUT2D eigenvalue weighted by Crippen LogP contribution is -2.35. The molecule has 1 aliphatic heterocycles. The highest BCUT2D eigenvalue weighted by atomic mass is 19.1. The minimum absolute atomic E-state index is 0.180. The SMILES string of the molecule is Cc1cc(C(=O)OC(C)C(=O)NCc2ccc3c(c2)OCO3)c(C)n1-c1ccc(F)cc1. The van der Waals surface area contributed by atoms with Crippen molar-refractivity contribution >= 4 is 11.9 Å². The van der Waals surface area contributed by atoms with Crippen LogP contribution in [0.5, 0.6) is 11.5 Å². The molecule has 4 rings (SSSR count). The number of aromatic nitrogens is 1. The Kier molecular flexibility index (Phi) is 5.85. The molecule has 32 heavy (non-hydrogen) atoms. The Morgan fingerprint density at radius 3 is 2.56 bits per heavy atom. The predicted octanol–water partition coefficient (Wildman–Crippen LogP) is 3.82. The van der Waals surface area contributed by atoms with E-state index in [1.165, 1.54) is 19.1 Å². The summed E-state index contributed by atoms with van der Waals surface area (Å²) >= 11 is 0. The van der Waals surface area contributed by atoms with Gasteiger partial charge in [0.1, 0.15) is 5.82 Å². The molecule has 0 bridgehead atoms. The third-order valence-corrected chi connectivity index (χ3v) is 5.29. The lowest BCUT2D eigenvalue weighted by molar-refractivity contribution is -0.129. The van der Waals surface area contributed by atoms with Gasteiger partial charge in [-0.1, -0.05) is 6.07 Å². The number of carbonyl (C=O) groups is 2. The molecule has 3 aromatic rings. The van der Waals surface area contributed by atoms with Crippen molar-refractivity contribution < 1.29 is 28.2 Å². The lowest BCUT2D eigenvalue weighted by atomic mass is 10.2. The lowest BCUT2D eigenvalue weighted by Gasteiger charge is -2.14. The molecule has 1 N–H and O–H groups in total. The number of carbonyl (C=O) groups excluding carboxylic acids is 2. The van der Waals surface area contributed by atoms with Gasteiger partial charge in [0.2, 0.25) is 6.79 Å². The van der Waals surface area contributed by atoms with Crippen LogP contribution >= 0.6 is 0 Å². The van der Waals surface area contributed by atoms with Gasteiger partial charge < -0.3 is 24.1 Å². The van der Waals surface area contributed by atoms with Crippen molar-refractivity contribution in [1.82, 2.24) is 9.88 Å². The quantitative estimate of drug-likeness (QED) is 0.592. The number of halogens is 1. The minimum Gasteiger partial charge on any atom is -0.454 e. The van der Waals surface area contributed by atoms with Crippen molar-refractivity contribution in [1.29, 1.82) is 0 Å². The average Bonchev–Trinajstić information content (AvgIpc) is 3.36. The van der Waals surface area contributed by atoms with Gasteiger partial charge >= 0.3 is 5.97 Å². The fourth-order valence-corrected chi connectivity index (χ4v) is 3.62. The summed E-state index contributed by atoms with van der Waals surface area (Å²) < 4.78 is 31.1. The molecule has 2 heterocycles. The van der Waals surface area contributed by atoms with Gasteiger partial charge in [0.15, 0.2) is 17.6 Å². The Hall–Kier alpha value is -3.81. The molecule has 8 heteroatoms. The van der Waals surface area contributed by atoms with E-state index < -0.39 is 18.0 Å². The highest BCUT2D eigenvalue weighted by Gasteiger charge is 2.23. The van der Waals surface area contributed by atoms with Gasteiger partial charge in [0.25, 0.3) is 5.91 Å². The van der Waals surface area contributed by atoms with Crippen molar-refractivity contribution in [2.45, 2.75) is 33.4 Å². The first-order valence-electron chi connectivity index (χ1n) is 10.2. The fourth-order valence-electron chi connectivity index (χ4n) is 3.62. The van der Waals surface area contributed by atoms with Crippen LogP contribution in [-0.4, -0.2) is 29.3 Å². The third kappa shape index (κ3) is 4.30. The van der Waals surface area contributed by atoms with Gasteiger partial charge in [-0.15, -0.1) is 0 Å². The van der Waals surface area contributed by atoms with Crippen molar-refractivity contribution in [2.24, 2.45) is 0 Å². The molecule has 0 fully saturated rings. The Morgan fingerprint density at radius 1 is 1.09 bits per heavy atom. The van der Waals surface area contributed by atoms with Crippen LogP contribution in [0.2, 0.25) is 0 Å². The van der Waals surface area contributed by atoms with Crippen molar-refractivity contribution in [3.63, 3.8) is 0 Å². The molecule has 166 valence electrons. The molecule has 1 amide bonds. The number of fused-ring (bicyclic) bond motifs is 1. The average molecular weight is 438 g/mol. The molecule has 1 unspecified atom stereocenters. The fraction of sp³-hybridized carbons (Fsp3) is 0.250. The summed E-state index contributed by atoms with van der Waals surface area (Å²) in [6, 6.07) is 13.1. The van der Waals surface area contributed by atoms with Crippen LogP contribution in [0.3, 0.4) is 0 Å². The van der Waals surface area contributed by atoms with Gasteiger partial charge in [-0.3, -0.25) is 4.79 Å². The minimum atomic E-state index is -0.981. The van der Waals surface area contributed by atoms with E-state index in [0.29, 0.717) is 22.8 Å². The van der Waals surface area contributed by atoms with E-state index in [0.717, 1.165) is 16.9 Å². The number of benzene rings is 2. The number of aryl methyl sites for hydroxylation is 1. The summed E-state index contributed by atoms with van der Waals surface area (Å²) in [6.07, 6.45) is -0.981. The third-order valence-electron chi connectivity index (χ3n) is 5.29. The molecule has 0 saturated carbocycles. The zero-order chi connectivity index (χ0) is 22.8. The molecule has 0 saturated heterocycles. The highest BCUT2D eigenvalue weighted by Crippen LogP contribution is 2.32. The van der Waals surface area contributed by atoms with E-state index in [1.54, 1.807) is 37.3 Å². The van der Waals surface area contributed by atoms with Gasteiger partial charge in [0, 0.05) is 23.6 Å². The van der Waals surface area contributed by atoms with E-state index in [1.807, 2.05) is 17.6 Å². The largest absolute Gasteiger partial charge is 0.454 e. The van der Waals surface area contributed by atoms with Gasteiger partial charge in [-0.05, 0) is 68.8 Å². The molecule has 1 aromatic heterocycles. The second-order valence-electron chi connectivity index (χ2n) is 7.55. The van der Waals surface area contributed by atoms with Crippen LogP contribution in [0.15, 0.2) is 48.5 Å². The topological polar surface area (TPSA) is 78.8 Å². The Morgan fingerprint density at radius 2 is 1.81 bits per heavy atom. The molecule has 1 aliphatic rings. The molecule has 1 atom stereocenters. The number of ether oxygens (including phenoxy) is 3. The number of hydrogen-bond acceptors (Lipinski definition) is 5. The first-order chi connectivity index (χ1) is 15.3. The van der Waals surface area contributed by atoms with Crippen LogP contribution in [-0.2, 0) is 16.1 Å². The second-order valence-corrected chi connectivity index (χ2v) is 7.55. The molecule has 0 aliphatic carbocycles. The maximum absolute atomic E-state index is 13.3. The van der Waals surface area contributed by atoms with E-state index in [9.17, 15) is 14.0 Å². The summed E-state index contributed by atoms with van der Waals surface area (Å²) in [7, 11) is 0. The van der Waals surface area contributed by atoms with E-state index in [4.69, 9.17) is 14.2 Å². The monoisotopic (exact) mass is 438 g/mol. The van der Waals surface area contributed by atoms with Gasteiger partial charge in [-0.25, -0.2) is 9.18 Å². The van der Waals surface area contributed by atoms with E-state index in [-0.39, 0.29) is 19.2 Å². The first-order valence-corrected chi connectivity index (χ1v) is 10.2. The van der Waals surface area contributed by atoms with Crippen LogP contribution in [0.1, 0.15) is 34.2 Å². The van der Waals surface area contributed by atoms with Crippen molar-refractivity contribution in [3.8, 4) is 17.2 Å². The standard InChI is InChI=1S/C24H23FN2O5/c1-14-10-20(15(2)27(14)19-7-5-18(25)6-8-19)24(29)32-16(3)23(28)26-12-17-4-9-21-22(11-17)31-13-30-21/h4-11,16H,12-13H2,1-3H3,(H,26,28).